The largest absolute Gasteiger partial charge is 0.494 e. The summed E-state index contributed by atoms with van der Waals surface area (Å²) in [5.41, 5.74) is 1.23. The van der Waals surface area contributed by atoms with E-state index < -0.39 is 17.9 Å². The first-order valence-corrected chi connectivity index (χ1v) is 19.9. The highest BCUT2D eigenvalue weighted by atomic mass is 16.6. The number of benzene rings is 4. The summed E-state index contributed by atoms with van der Waals surface area (Å²) in [5.74, 6) is -0.869. The molecule has 2 fully saturated rings. The van der Waals surface area contributed by atoms with Gasteiger partial charge in [0.2, 0.25) is 0 Å². The van der Waals surface area contributed by atoms with Gasteiger partial charge >= 0.3 is 17.9 Å². The molecule has 2 heterocycles. The molecule has 0 spiro atoms. The van der Waals surface area contributed by atoms with Gasteiger partial charge in [-0.1, -0.05) is 30.3 Å². The van der Waals surface area contributed by atoms with Gasteiger partial charge in [-0.3, -0.25) is 0 Å². The number of carbonyl (C=O) groups excluding carboxylic acids is 3. The molecule has 0 N–H and O–H groups in total. The van der Waals surface area contributed by atoms with Gasteiger partial charge in [0.15, 0.2) is 0 Å². The van der Waals surface area contributed by atoms with E-state index in [1.165, 1.54) is 18.2 Å². The molecule has 2 aliphatic rings. The average Bonchev–Trinajstić information content (AvgIpc) is 4.17. The molecule has 12 nitrogen and oxygen atoms in total. The summed E-state index contributed by atoms with van der Waals surface area (Å²) in [6.45, 7) is 9.49. The maximum atomic E-state index is 13.4. The Bertz CT molecular complexity index is 1920. The number of carbonyl (C=O) groups is 3. The van der Waals surface area contributed by atoms with Crippen molar-refractivity contribution in [2.75, 3.05) is 52.9 Å². The Morgan fingerprint density at radius 3 is 1.55 bits per heavy atom. The smallest absolute Gasteiger partial charge is 0.343 e. The average molecular weight is 797 g/mol. The van der Waals surface area contributed by atoms with E-state index in [1.54, 1.807) is 48.5 Å². The third-order valence-corrected chi connectivity index (χ3v) is 9.71. The number of rotatable bonds is 25. The van der Waals surface area contributed by atoms with Crippen LogP contribution in [0.3, 0.4) is 0 Å². The summed E-state index contributed by atoms with van der Waals surface area (Å²) in [4.78, 5) is 39.7. The first-order chi connectivity index (χ1) is 28.2. The minimum atomic E-state index is -0.764. The number of ether oxygens (including phenoxy) is 9. The van der Waals surface area contributed by atoms with Crippen LogP contribution < -0.4 is 18.9 Å². The zero-order valence-electron chi connectivity index (χ0n) is 33.2. The molecule has 0 radical (unpaired) electrons. The molecule has 2 saturated heterocycles. The van der Waals surface area contributed by atoms with E-state index in [2.05, 4.69) is 13.8 Å². The third-order valence-electron chi connectivity index (χ3n) is 9.71. The molecule has 0 amide bonds. The maximum Gasteiger partial charge on any atom is 0.343 e. The Morgan fingerprint density at radius 2 is 1.03 bits per heavy atom. The quantitative estimate of drug-likeness (QED) is 0.0276. The molecular formula is C46H52O12. The summed E-state index contributed by atoms with van der Waals surface area (Å²) in [5, 5.41) is 0. The second kappa shape index (κ2) is 20.9. The number of epoxide rings is 2. The molecule has 2 atom stereocenters. The van der Waals surface area contributed by atoms with Gasteiger partial charge in [-0.05, 0) is 112 Å². The summed E-state index contributed by atoms with van der Waals surface area (Å²) in [6, 6.07) is 26.5. The summed E-state index contributed by atoms with van der Waals surface area (Å²) >= 11 is 0. The predicted octanol–water partition coefficient (Wildman–Crippen LogP) is 8.19. The Hall–Kier alpha value is -5.27. The van der Waals surface area contributed by atoms with Gasteiger partial charge in [0.25, 0.3) is 0 Å². The Balaban J connectivity index is 0.985. The number of unbranched alkanes of at least 4 members (excludes halogenated alkanes) is 2. The summed E-state index contributed by atoms with van der Waals surface area (Å²) in [7, 11) is 0. The molecule has 0 saturated carbocycles. The summed E-state index contributed by atoms with van der Waals surface area (Å²) in [6.07, 6.45) is 5.20. The zero-order chi connectivity index (χ0) is 40.6. The van der Waals surface area contributed by atoms with Gasteiger partial charge in [0, 0.05) is 39.3 Å². The highest BCUT2D eigenvalue weighted by molar-refractivity contribution is 5.97. The molecule has 308 valence electrons. The SMILES string of the molecule is CC1(CCOCCCCOc2ccc(C(=O)Oc3ccc(OC(=O)c4ccc(OCCCCOCCC5(C)CO5)cc4)c(C(=O)OCc4ccccc4)c3)cc2)CO1. The van der Waals surface area contributed by atoms with Crippen molar-refractivity contribution >= 4 is 17.9 Å². The molecule has 0 bridgehead atoms. The van der Waals surface area contributed by atoms with Crippen molar-refractivity contribution in [3.63, 3.8) is 0 Å². The first-order valence-electron chi connectivity index (χ1n) is 19.9. The van der Waals surface area contributed by atoms with E-state index in [0.29, 0.717) is 51.1 Å². The van der Waals surface area contributed by atoms with Crippen LogP contribution in [-0.2, 0) is 30.3 Å². The van der Waals surface area contributed by atoms with Crippen molar-refractivity contribution in [1.82, 2.24) is 0 Å². The highest BCUT2D eigenvalue weighted by Crippen LogP contribution is 2.31. The highest BCUT2D eigenvalue weighted by Gasteiger charge is 2.39. The van der Waals surface area contributed by atoms with Crippen molar-refractivity contribution in [2.24, 2.45) is 0 Å². The van der Waals surface area contributed by atoms with E-state index in [4.69, 9.17) is 42.6 Å². The van der Waals surface area contributed by atoms with Crippen molar-refractivity contribution in [3.8, 4) is 23.0 Å². The fourth-order valence-electron chi connectivity index (χ4n) is 5.63. The van der Waals surface area contributed by atoms with Crippen LogP contribution >= 0.6 is 0 Å². The van der Waals surface area contributed by atoms with Crippen molar-refractivity contribution in [2.45, 2.75) is 70.2 Å². The molecule has 4 aromatic rings. The molecule has 58 heavy (non-hydrogen) atoms. The first kappa shape index (κ1) is 42.3. The Labute approximate surface area is 339 Å². The van der Waals surface area contributed by atoms with Crippen LogP contribution in [0.4, 0.5) is 0 Å². The molecule has 0 aliphatic carbocycles. The van der Waals surface area contributed by atoms with Gasteiger partial charge in [0.1, 0.15) is 35.2 Å². The molecule has 2 aliphatic heterocycles. The number of hydrogen-bond donors (Lipinski definition) is 0. The second-order valence-corrected chi connectivity index (χ2v) is 14.9. The Morgan fingerprint density at radius 1 is 0.552 bits per heavy atom. The van der Waals surface area contributed by atoms with Crippen LogP contribution in [0.25, 0.3) is 0 Å². The molecule has 4 aromatic carbocycles. The minimum Gasteiger partial charge on any atom is -0.494 e. The lowest BCUT2D eigenvalue weighted by Gasteiger charge is -2.13. The lowest BCUT2D eigenvalue weighted by Crippen LogP contribution is -2.14. The van der Waals surface area contributed by atoms with Gasteiger partial charge in [0.05, 0.1) is 48.8 Å². The van der Waals surface area contributed by atoms with Gasteiger partial charge < -0.3 is 42.6 Å². The van der Waals surface area contributed by atoms with E-state index in [-0.39, 0.29) is 46.0 Å². The van der Waals surface area contributed by atoms with E-state index in [1.807, 2.05) is 30.3 Å². The Kier molecular flexibility index (Phi) is 15.3. The van der Waals surface area contributed by atoms with Crippen LogP contribution in [-0.4, -0.2) is 82.0 Å². The lowest BCUT2D eigenvalue weighted by molar-refractivity contribution is 0.0465. The van der Waals surface area contributed by atoms with Crippen LogP contribution in [0.1, 0.15) is 89.0 Å². The zero-order valence-corrected chi connectivity index (χ0v) is 33.2. The lowest BCUT2D eigenvalue weighted by atomic mass is 10.1. The van der Waals surface area contributed by atoms with Crippen LogP contribution in [0, 0.1) is 0 Å². The number of esters is 3. The van der Waals surface area contributed by atoms with E-state index >= 15 is 0 Å². The van der Waals surface area contributed by atoms with Gasteiger partial charge in [-0.25, -0.2) is 14.4 Å². The van der Waals surface area contributed by atoms with Crippen molar-refractivity contribution < 1.29 is 57.0 Å². The number of hydrogen-bond acceptors (Lipinski definition) is 12. The topological polar surface area (TPSA) is 141 Å². The standard InChI is InChI=1S/C46H52O12/c1-45(32-55-45)22-28-50-24-6-8-26-52-37-16-12-35(13-17-37)42(47)57-39-20-21-41(40(30-39)44(49)54-31-34-10-4-3-5-11-34)58-43(48)36-14-18-38(19-15-36)53-27-9-7-25-51-29-23-46(2)33-56-46/h3-5,10-21,30H,6-9,22-29,31-33H2,1-2H3. The van der Waals surface area contributed by atoms with Crippen LogP contribution in [0.15, 0.2) is 97.1 Å². The molecular weight excluding hydrogens is 744 g/mol. The molecule has 6 rings (SSSR count). The van der Waals surface area contributed by atoms with Crippen LogP contribution in [0.2, 0.25) is 0 Å². The van der Waals surface area contributed by atoms with E-state index in [0.717, 1.165) is 57.3 Å². The second-order valence-electron chi connectivity index (χ2n) is 14.9. The molecule has 0 aromatic heterocycles. The summed E-state index contributed by atoms with van der Waals surface area (Å²) < 4.78 is 50.6. The van der Waals surface area contributed by atoms with Crippen molar-refractivity contribution in [3.05, 3.63) is 119 Å². The molecule has 12 heteroatoms. The van der Waals surface area contributed by atoms with Crippen LogP contribution in [0.5, 0.6) is 23.0 Å². The fraction of sp³-hybridized carbons (Fsp3) is 0.413. The fourth-order valence-corrected chi connectivity index (χ4v) is 5.63. The third kappa shape index (κ3) is 14.0. The normalized spacial score (nSPS) is 17.9. The van der Waals surface area contributed by atoms with E-state index in [9.17, 15) is 14.4 Å². The van der Waals surface area contributed by atoms with Gasteiger partial charge in [-0.2, -0.15) is 0 Å². The minimum absolute atomic E-state index is 0.00659. The maximum absolute atomic E-state index is 13.4. The monoisotopic (exact) mass is 796 g/mol. The van der Waals surface area contributed by atoms with Gasteiger partial charge in [-0.15, -0.1) is 0 Å². The van der Waals surface area contributed by atoms with Crippen molar-refractivity contribution in [1.29, 1.82) is 0 Å². The predicted molar refractivity (Wildman–Crippen MR) is 214 cm³/mol. The molecule has 2 unspecified atom stereocenters.